The van der Waals surface area contributed by atoms with Crippen LogP contribution in [0.1, 0.15) is 15.9 Å². The van der Waals surface area contributed by atoms with E-state index in [-0.39, 0.29) is 5.91 Å². The first-order chi connectivity index (χ1) is 10.2. The van der Waals surface area contributed by atoms with Crippen LogP contribution in [0.5, 0.6) is 0 Å². The second kappa shape index (κ2) is 5.71. The fourth-order valence-corrected chi connectivity index (χ4v) is 3.01. The van der Waals surface area contributed by atoms with Gasteiger partial charge >= 0.3 is 0 Å². The molecular weight excluding hydrogens is 330 g/mol. The quantitative estimate of drug-likeness (QED) is 0.436. The van der Waals surface area contributed by atoms with E-state index in [9.17, 15) is 4.79 Å². The number of hydrazine groups is 1. The van der Waals surface area contributed by atoms with Gasteiger partial charge in [-0.2, -0.15) is 0 Å². The van der Waals surface area contributed by atoms with Crippen LogP contribution < -0.4 is 11.3 Å². The van der Waals surface area contributed by atoms with E-state index in [1.54, 1.807) is 6.07 Å². The Kier molecular flexibility index (Phi) is 3.77. The molecule has 0 aliphatic heterocycles. The molecule has 3 aromatic rings. The molecule has 0 bridgehead atoms. The van der Waals surface area contributed by atoms with Gasteiger partial charge in [0.1, 0.15) is 0 Å². The highest BCUT2D eigenvalue weighted by molar-refractivity contribution is 9.10. The van der Waals surface area contributed by atoms with Crippen molar-refractivity contribution in [3.8, 4) is 0 Å². The molecule has 0 atom stereocenters. The molecule has 21 heavy (non-hydrogen) atoms. The highest BCUT2D eigenvalue weighted by Gasteiger charge is 2.08. The summed E-state index contributed by atoms with van der Waals surface area (Å²) in [6.45, 7) is 0.692. The number of halogens is 1. The molecule has 0 saturated heterocycles. The van der Waals surface area contributed by atoms with E-state index in [0.717, 1.165) is 15.6 Å². The van der Waals surface area contributed by atoms with Crippen LogP contribution in [-0.2, 0) is 6.54 Å². The zero-order valence-corrected chi connectivity index (χ0v) is 12.8. The first-order valence-corrected chi connectivity index (χ1v) is 7.31. The SMILES string of the molecule is NNC(=O)c1cccc(Cn2cc(Br)c3ccccc32)c1. The lowest BCUT2D eigenvalue weighted by molar-refractivity contribution is 0.0953. The largest absolute Gasteiger partial charge is 0.342 e. The van der Waals surface area contributed by atoms with Gasteiger partial charge in [-0.1, -0.05) is 30.3 Å². The summed E-state index contributed by atoms with van der Waals surface area (Å²) in [6, 6.07) is 15.6. The third-order valence-electron chi connectivity index (χ3n) is 3.41. The molecular formula is C16H14BrN3O. The normalized spacial score (nSPS) is 10.8. The van der Waals surface area contributed by atoms with Crippen LogP contribution in [0, 0.1) is 0 Å². The fraction of sp³-hybridized carbons (Fsp3) is 0.0625. The van der Waals surface area contributed by atoms with Crippen molar-refractivity contribution in [2.75, 3.05) is 0 Å². The number of benzene rings is 2. The molecule has 1 heterocycles. The molecule has 3 N–H and O–H groups in total. The molecule has 4 nitrogen and oxygen atoms in total. The van der Waals surface area contributed by atoms with Gasteiger partial charge in [-0.3, -0.25) is 10.2 Å². The Balaban J connectivity index is 1.97. The summed E-state index contributed by atoms with van der Waals surface area (Å²) in [4.78, 5) is 11.6. The average molecular weight is 344 g/mol. The van der Waals surface area contributed by atoms with Crippen LogP contribution in [0.3, 0.4) is 0 Å². The molecule has 0 radical (unpaired) electrons. The van der Waals surface area contributed by atoms with Crippen molar-refractivity contribution in [3.05, 3.63) is 70.3 Å². The third kappa shape index (κ3) is 2.70. The molecule has 0 saturated carbocycles. The Hall–Kier alpha value is -2.11. The summed E-state index contributed by atoms with van der Waals surface area (Å²) in [6.07, 6.45) is 2.06. The lowest BCUT2D eigenvalue weighted by atomic mass is 10.1. The monoisotopic (exact) mass is 343 g/mol. The fourth-order valence-electron chi connectivity index (χ4n) is 2.42. The van der Waals surface area contributed by atoms with Crippen molar-refractivity contribution >= 4 is 32.7 Å². The molecule has 3 rings (SSSR count). The summed E-state index contributed by atoms with van der Waals surface area (Å²) in [5.74, 6) is 4.89. The number of nitrogen functional groups attached to an aromatic ring is 1. The van der Waals surface area contributed by atoms with E-state index in [1.807, 2.05) is 30.3 Å². The summed E-state index contributed by atoms with van der Waals surface area (Å²) in [7, 11) is 0. The number of aromatic nitrogens is 1. The van der Waals surface area contributed by atoms with Crippen molar-refractivity contribution < 1.29 is 4.79 Å². The third-order valence-corrected chi connectivity index (χ3v) is 4.05. The van der Waals surface area contributed by atoms with Crippen LogP contribution >= 0.6 is 15.9 Å². The van der Waals surface area contributed by atoms with Crippen LogP contribution in [-0.4, -0.2) is 10.5 Å². The molecule has 0 aliphatic rings. The Labute approximate surface area is 130 Å². The molecule has 0 fully saturated rings. The number of hydrogen-bond donors (Lipinski definition) is 2. The van der Waals surface area contributed by atoms with E-state index >= 15 is 0 Å². The van der Waals surface area contributed by atoms with Gasteiger partial charge in [-0.05, 0) is 39.7 Å². The van der Waals surface area contributed by atoms with E-state index < -0.39 is 0 Å². The van der Waals surface area contributed by atoms with Crippen molar-refractivity contribution in [1.82, 2.24) is 9.99 Å². The molecule has 106 valence electrons. The highest BCUT2D eigenvalue weighted by Crippen LogP contribution is 2.26. The minimum Gasteiger partial charge on any atom is -0.342 e. The Morgan fingerprint density at radius 2 is 2.00 bits per heavy atom. The van der Waals surface area contributed by atoms with E-state index in [1.165, 1.54) is 5.39 Å². The number of carbonyl (C=O) groups is 1. The zero-order chi connectivity index (χ0) is 14.8. The van der Waals surface area contributed by atoms with E-state index in [2.05, 4.69) is 44.3 Å². The number of nitrogens with one attached hydrogen (secondary N) is 1. The highest BCUT2D eigenvalue weighted by atomic mass is 79.9. The standard InChI is InChI=1S/C16H14BrN3O/c17-14-10-20(15-7-2-1-6-13(14)15)9-11-4-3-5-12(8-11)16(21)19-18/h1-8,10H,9,18H2,(H,19,21). The van der Waals surface area contributed by atoms with Crippen LogP contribution in [0.2, 0.25) is 0 Å². The van der Waals surface area contributed by atoms with Gasteiger partial charge < -0.3 is 4.57 Å². The number of rotatable bonds is 3. The summed E-state index contributed by atoms with van der Waals surface area (Å²) >= 11 is 3.58. The van der Waals surface area contributed by atoms with Crippen LogP contribution in [0.25, 0.3) is 10.9 Å². The van der Waals surface area contributed by atoms with Crippen molar-refractivity contribution in [2.45, 2.75) is 6.54 Å². The average Bonchev–Trinajstić information content (AvgIpc) is 2.83. The number of fused-ring (bicyclic) bond motifs is 1. The maximum Gasteiger partial charge on any atom is 0.265 e. The predicted molar refractivity (Wildman–Crippen MR) is 86.8 cm³/mol. The predicted octanol–water partition coefficient (Wildman–Crippen LogP) is 3.06. The molecule has 2 aromatic carbocycles. The first kappa shape index (κ1) is 13.9. The topological polar surface area (TPSA) is 60.0 Å². The minimum absolute atomic E-state index is 0.282. The second-order valence-corrected chi connectivity index (χ2v) is 5.65. The van der Waals surface area contributed by atoms with Gasteiger partial charge in [-0.15, -0.1) is 0 Å². The summed E-state index contributed by atoms with van der Waals surface area (Å²) in [5, 5.41) is 1.17. The molecule has 5 heteroatoms. The van der Waals surface area contributed by atoms with Gasteiger partial charge in [0, 0.05) is 33.7 Å². The number of hydrogen-bond acceptors (Lipinski definition) is 2. The number of para-hydroxylation sites is 1. The summed E-state index contributed by atoms with van der Waals surface area (Å²) < 4.78 is 3.22. The van der Waals surface area contributed by atoms with Gasteiger partial charge in [-0.25, -0.2) is 5.84 Å². The van der Waals surface area contributed by atoms with Crippen molar-refractivity contribution in [3.63, 3.8) is 0 Å². The van der Waals surface area contributed by atoms with E-state index in [0.29, 0.717) is 12.1 Å². The van der Waals surface area contributed by atoms with Crippen LogP contribution in [0.4, 0.5) is 0 Å². The summed E-state index contributed by atoms with van der Waals surface area (Å²) in [5.41, 5.74) is 4.91. The van der Waals surface area contributed by atoms with Crippen molar-refractivity contribution in [2.24, 2.45) is 5.84 Å². The number of amides is 1. The molecule has 0 spiro atoms. The molecule has 0 aliphatic carbocycles. The van der Waals surface area contributed by atoms with E-state index in [4.69, 9.17) is 5.84 Å². The Bertz CT molecular complexity index is 810. The van der Waals surface area contributed by atoms with Gasteiger partial charge in [0.15, 0.2) is 0 Å². The van der Waals surface area contributed by atoms with Crippen molar-refractivity contribution in [1.29, 1.82) is 0 Å². The molecule has 1 amide bonds. The van der Waals surface area contributed by atoms with Crippen LogP contribution in [0.15, 0.2) is 59.2 Å². The number of nitrogens with zero attached hydrogens (tertiary/aromatic N) is 1. The number of nitrogens with two attached hydrogens (primary N) is 1. The zero-order valence-electron chi connectivity index (χ0n) is 11.2. The number of carbonyl (C=O) groups excluding carboxylic acids is 1. The Morgan fingerprint density at radius 3 is 2.81 bits per heavy atom. The Morgan fingerprint density at radius 1 is 1.19 bits per heavy atom. The van der Waals surface area contributed by atoms with Gasteiger partial charge in [0.25, 0.3) is 5.91 Å². The first-order valence-electron chi connectivity index (χ1n) is 6.52. The molecule has 1 aromatic heterocycles. The smallest absolute Gasteiger partial charge is 0.265 e. The second-order valence-electron chi connectivity index (χ2n) is 4.80. The lowest BCUT2D eigenvalue weighted by Gasteiger charge is -2.07. The minimum atomic E-state index is -0.282. The van der Waals surface area contributed by atoms with Gasteiger partial charge in [0.2, 0.25) is 0 Å². The maximum atomic E-state index is 11.6. The molecule has 0 unspecified atom stereocenters. The lowest BCUT2D eigenvalue weighted by Crippen LogP contribution is -2.30. The maximum absolute atomic E-state index is 11.6. The van der Waals surface area contributed by atoms with Gasteiger partial charge in [0.05, 0.1) is 0 Å².